The Kier molecular flexibility index (Phi) is 12.4. The van der Waals surface area contributed by atoms with E-state index in [9.17, 15) is 0 Å². The van der Waals surface area contributed by atoms with Gasteiger partial charge in [-0.25, -0.2) is 9.97 Å². The van der Waals surface area contributed by atoms with Crippen molar-refractivity contribution in [2.75, 3.05) is 9.80 Å². The van der Waals surface area contributed by atoms with E-state index in [1.165, 1.54) is 66.4 Å². The van der Waals surface area contributed by atoms with Gasteiger partial charge in [0.15, 0.2) is 11.2 Å². The maximum atomic E-state index is 6.24. The number of para-hydroxylation sites is 4. The molecular formula is C81H56N4O2. The molecule has 2 aromatic heterocycles. The molecule has 0 saturated heterocycles. The summed E-state index contributed by atoms with van der Waals surface area (Å²) in [5.74, 6) is 1.19. The van der Waals surface area contributed by atoms with E-state index < -0.39 is 0 Å². The fraction of sp³-hybridized carbons (Fsp3) is 0.0370. The van der Waals surface area contributed by atoms with Gasteiger partial charge in [0, 0.05) is 50.7 Å². The summed E-state index contributed by atoms with van der Waals surface area (Å²) in [7, 11) is 0. The van der Waals surface area contributed by atoms with Gasteiger partial charge in [0.2, 0.25) is 11.8 Å². The molecule has 15 aromatic rings. The standard InChI is InChI=1S/C81H56N4O2/c1-81(2)73-51-69(84(67-41-33-59(34-42-67)79-82-75-17-9-11-19-77(75)86-79)65-37-29-57(30-38-65)56-23-21-55(22-24-56)53-13-5-3-6-14-53)45-47-71(73)72-48-46-70(52-74(72)81)85(68-43-35-60(36-44-68)80-83-76-18-10-12-20-78(76)87-80)66-39-31-58(32-40-66)62-26-28-63-49-61(25-27-64(63)50-62)54-15-7-4-8-16-54/h3-52H,1-2H3. The van der Waals surface area contributed by atoms with Gasteiger partial charge in [0.25, 0.3) is 0 Å². The van der Waals surface area contributed by atoms with Crippen molar-refractivity contribution in [3.8, 4) is 78.5 Å². The highest BCUT2D eigenvalue weighted by Gasteiger charge is 2.37. The Morgan fingerprint density at radius 3 is 0.954 bits per heavy atom. The largest absolute Gasteiger partial charge is 0.436 e. The number of aromatic nitrogens is 2. The van der Waals surface area contributed by atoms with E-state index in [0.717, 1.165) is 78.6 Å². The van der Waals surface area contributed by atoms with Crippen molar-refractivity contribution in [2.45, 2.75) is 19.3 Å². The van der Waals surface area contributed by atoms with Crippen molar-refractivity contribution in [1.82, 2.24) is 9.97 Å². The van der Waals surface area contributed by atoms with E-state index in [4.69, 9.17) is 18.8 Å². The van der Waals surface area contributed by atoms with Crippen LogP contribution in [0.25, 0.3) is 112 Å². The van der Waals surface area contributed by atoms with E-state index in [0.29, 0.717) is 11.8 Å². The minimum Gasteiger partial charge on any atom is -0.436 e. The fourth-order valence-electron chi connectivity index (χ4n) is 12.7. The molecule has 0 spiro atoms. The SMILES string of the molecule is CC1(C)c2cc(N(c3ccc(-c4ccc(-c5ccccc5)cc4)cc3)c3ccc(-c4nc5ccccc5o4)cc3)ccc2-c2ccc(N(c3ccc(-c4ccc5cc(-c6ccccc6)ccc5c4)cc3)c3ccc(-c4nc5ccccc5o4)cc3)cc21. The van der Waals surface area contributed by atoms with E-state index in [1.54, 1.807) is 0 Å². The van der Waals surface area contributed by atoms with Crippen molar-refractivity contribution in [3.05, 3.63) is 314 Å². The molecule has 0 fully saturated rings. The third kappa shape index (κ3) is 9.41. The normalized spacial score (nSPS) is 12.3. The Hall–Kier alpha value is -11.3. The smallest absolute Gasteiger partial charge is 0.227 e. The van der Waals surface area contributed by atoms with Crippen molar-refractivity contribution >= 4 is 67.1 Å². The van der Waals surface area contributed by atoms with Crippen LogP contribution in [0, 0.1) is 0 Å². The predicted octanol–water partition coefficient (Wildman–Crippen LogP) is 22.4. The number of oxazole rings is 2. The maximum absolute atomic E-state index is 6.24. The molecule has 87 heavy (non-hydrogen) atoms. The number of rotatable bonds is 12. The molecule has 16 rings (SSSR count). The van der Waals surface area contributed by atoms with Crippen LogP contribution in [-0.2, 0) is 5.41 Å². The summed E-state index contributed by atoms with van der Waals surface area (Å²) in [4.78, 5) is 14.4. The third-order valence-corrected chi connectivity index (χ3v) is 17.3. The molecule has 0 bridgehead atoms. The summed E-state index contributed by atoms with van der Waals surface area (Å²) in [6, 6.07) is 108. The Morgan fingerprint density at radius 1 is 0.264 bits per heavy atom. The average Bonchev–Trinajstić information content (AvgIpc) is 1.66. The van der Waals surface area contributed by atoms with Crippen LogP contribution >= 0.6 is 0 Å². The minimum absolute atomic E-state index is 0.362. The average molecular weight is 1120 g/mol. The first-order chi connectivity index (χ1) is 42.8. The van der Waals surface area contributed by atoms with E-state index in [2.05, 4.69) is 278 Å². The van der Waals surface area contributed by atoms with Gasteiger partial charge in [0.05, 0.1) is 0 Å². The lowest BCUT2D eigenvalue weighted by atomic mass is 9.82. The van der Waals surface area contributed by atoms with Gasteiger partial charge >= 0.3 is 0 Å². The Labute approximate surface area is 505 Å². The number of hydrogen-bond donors (Lipinski definition) is 0. The van der Waals surface area contributed by atoms with E-state index >= 15 is 0 Å². The second-order valence-corrected chi connectivity index (χ2v) is 23.0. The molecule has 0 atom stereocenters. The zero-order valence-electron chi connectivity index (χ0n) is 48.0. The molecule has 13 aromatic carbocycles. The van der Waals surface area contributed by atoms with Crippen LogP contribution in [0.2, 0.25) is 0 Å². The van der Waals surface area contributed by atoms with Crippen LogP contribution in [0.3, 0.4) is 0 Å². The molecule has 1 aliphatic rings. The molecule has 6 nitrogen and oxygen atoms in total. The topological polar surface area (TPSA) is 58.5 Å². The number of benzene rings is 13. The Morgan fingerprint density at radius 2 is 0.563 bits per heavy atom. The summed E-state index contributed by atoms with van der Waals surface area (Å²) in [5, 5.41) is 2.43. The van der Waals surface area contributed by atoms with Crippen LogP contribution in [0.15, 0.2) is 312 Å². The van der Waals surface area contributed by atoms with Gasteiger partial charge in [-0.2, -0.15) is 0 Å². The first kappa shape index (κ1) is 51.3. The molecule has 0 saturated carbocycles. The van der Waals surface area contributed by atoms with Gasteiger partial charge in [-0.15, -0.1) is 0 Å². The van der Waals surface area contributed by atoms with Gasteiger partial charge in [-0.1, -0.05) is 184 Å². The Balaban J connectivity index is 0.750. The maximum Gasteiger partial charge on any atom is 0.227 e. The highest BCUT2D eigenvalue weighted by atomic mass is 16.4. The highest BCUT2D eigenvalue weighted by Crippen LogP contribution is 2.53. The van der Waals surface area contributed by atoms with Crippen molar-refractivity contribution < 1.29 is 8.83 Å². The molecule has 1 aliphatic carbocycles. The summed E-state index contributed by atoms with van der Waals surface area (Å²) >= 11 is 0. The predicted molar refractivity (Wildman–Crippen MR) is 359 cm³/mol. The lowest BCUT2D eigenvalue weighted by Crippen LogP contribution is -2.17. The summed E-state index contributed by atoms with van der Waals surface area (Å²) in [6.45, 7) is 4.73. The van der Waals surface area contributed by atoms with Crippen molar-refractivity contribution in [2.24, 2.45) is 0 Å². The van der Waals surface area contributed by atoms with Crippen molar-refractivity contribution in [3.63, 3.8) is 0 Å². The van der Waals surface area contributed by atoms with Gasteiger partial charge in [-0.3, -0.25) is 0 Å². The quantitative estimate of drug-likeness (QED) is 0.121. The summed E-state index contributed by atoms with van der Waals surface area (Å²) < 4.78 is 12.5. The van der Waals surface area contributed by atoms with E-state index in [-0.39, 0.29) is 5.41 Å². The van der Waals surface area contributed by atoms with Crippen molar-refractivity contribution in [1.29, 1.82) is 0 Å². The third-order valence-electron chi connectivity index (χ3n) is 17.3. The van der Waals surface area contributed by atoms with Gasteiger partial charge in [0.1, 0.15) is 11.0 Å². The lowest BCUT2D eigenvalue weighted by Gasteiger charge is -2.29. The molecule has 0 N–H and O–H groups in total. The van der Waals surface area contributed by atoms with Crippen LogP contribution in [0.1, 0.15) is 25.0 Å². The second-order valence-electron chi connectivity index (χ2n) is 23.0. The molecule has 0 unspecified atom stereocenters. The lowest BCUT2D eigenvalue weighted by molar-refractivity contribution is 0.619. The number of anilines is 6. The second kappa shape index (κ2) is 21.1. The van der Waals surface area contributed by atoms with Crippen LogP contribution in [0.4, 0.5) is 34.1 Å². The fourth-order valence-corrected chi connectivity index (χ4v) is 12.7. The van der Waals surface area contributed by atoms with Gasteiger partial charge in [-0.05, 0) is 211 Å². The van der Waals surface area contributed by atoms with Crippen LogP contribution < -0.4 is 9.80 Å². The number of fused-ring (bicyclic) bond motifs is 6. The molecule has 0 amide bonds. The number of hydrogen-bond acceptors (Lipinski definition) is 6. The molecule has 2 heterocycles. The molecule has 0 radical (unpaired) electrons. The zero-order valence-corrected chi connectivity index (χ0v) is 48.0. The number of nitrogens with zero attached hydrogens (tertiary/aromatic N) is 4. The highest BCUT2D eigenvalue weighted by molar-refractivity contribution is 5.93. The molecule has 412 valence electrons. The monoisotopic (exact) mass is 1120 g/mol. The van der Waals surface area contributed by atoms with Crippen LogP contribution in [-0.4, -0.2) is 9.97 Å². The molecular weight excluding hydrogens is 1060 g/mol. The van der Waals surface area contributed by atoms with E-state index in [1.807, 2.05) is 48.5 Å². The molecule has 0 aliphatic heterocycles. The Bertz CT molecular complexity index is 4960. The summed E-state index contributed by atoms with van der Waals surface area (Å²) in [5.41, 5.74) is 25.4. The minimum atomic E-state index is -0.362. The zero-order chi connectivity index (χ0) is 58.0. The molecule has 6 heteroatoms. The van der Waals surface area contributed by atoms with Gasteiger partial charge < -0.3 is 18.6 Å². The summed E-state index contributed by atoms with van der Waals surface area (Å²) in [6.07, 6.45) is 0. The first-order valence-corrected chi connectivity index (χ1v) is 29.6. The van der Waals surface area contributed by atoms with Crippen LogP contribution in [0.5, 0.6) is 0 Å². The first-order valence-electron chi connectivity index (χ1n) is 29.6.